The molecule has 0 saturated carbocycles. The number of para-hydroxylation sites is 1. The first kappa shape index (κ1) is 12.7. The summed E-state index contributed by atoms with van der Waals surface area (Å²) in [5.74, 6) is 0.966. The van der Waals surface area contributed by atoms with Crippen LogP contribution in [0.1, 0.15) is 0 Å². The van der Waals surface area contributed by atoms with Gasteiger partial charge in [-0.15, -0.1) is 0 Å². The number of amides is 1. The number of methoxy groups -OCH3 is 1. The van der Waals surface area contributed by atoms with Gasteiger partial charge in [0.1, 0.15) is 5.82 Å². The van der Waals surface area contributed by atoms with Crippen LogP contribution in [0.25, 0.3) is 10.9 Å². The second kappa shape index (κ2) is 5.36. The van der Waals surface area contributed by atoms with E-state index in [1.54, 1.807) is 4.90 Å². The largest absolute Gasteiger partial charge is 0.453 e. The van der Waals surface area contributed by atoms with Crippen molar-refractivity contribution < 1.29 is 9.53 Å². The summed E-state index contributed by atoms with van der Waals surface area (Å²) in [7, 11) is 1.42. The van der Waals surface area contributed by atoms with E-state index in [1.807, 2.05) is 24.3 Å². The number of rotatable bonds is 1. The molecule has 1 amide bonds. The van der Waals surface area contributed by atoms with Crippen LogP contribution in [0.15, 0.2) is 36.4 Å². The van der Waals surface area contributed by atoms with Gasteiger partial charge in [0.15, 0.2) is 0 Å². The Kier molecular flexibility index (Phi) is 3.41. The minimum absolute atomic E-state index is 0.254. The van der Waals surface area contributed by atoms with Gasteiger partial charge in [-0.1, -0.05) is 18.2 Å². The highest BCUT2D eigenvalue weighted by Crippen LogP contribution is 2.19. The first-order chi connectivity index (χ1) is 9.78. The maximum Gasteiger partial charge on any atom is 0.409 e. The zero-order valence-corrected chi connectivity index (χ0v) is 11.5. The summed E-state index contributed by atoms with van der Waals surface area (Å²) in [6, 6.07) is 12.2. The fourth-order valence-corrected chi connectivity index (χ4v) is 2.48. The Morgan fingerprint density at radius 2 is 1.85 bits per heavy atom. The van der Waals surface area contributed by atoms with Crippen LogP contribution in [0.3, 0.4) is 0 Å². The Bertz CT molecular complexity index is 621. The minimum atomic E-state index is -0.254. The van der Waals surface area contributed by atoms with Crippen molar-refractivity contribution in [2.45, 2.75) is 0 Å². The highest BCUT2D eigenvalue weighted by molar-refractivity contribution is 5.80. The number of hydrogen-bond acceptors (Lipinski definition) is 4. The lowest BCUT2D eigenvalue weighted by Gasteiger charge is -2.34. The molecule has 0 bridgehead atoms. The Labute approximate surface area is 117 Å². The molecule has 1 aromatic carbocycles. The second-order valence-electron chi connectivity index (χ2n) is 4.81. The molecule has 104 valence electrons. The van der Waals surface area contributed by atoms with Gasteiger partial charge < -0.3 is 14.5 Å². The molecular formula is C15H17N3O2. The van der Waals surface area contributed by atoms with Crippen molar-refractivity contribution in [3.63, 3.8) is 0 Å². The number of hydrogen-bond donors (Lipinski definition) is 0. The molecule has 0 atom stereocenters. The van der Waals surface area contributed by atoms with Crippen molar-refractivity contribution in [2.75, 3.05) is 38.2 Å². The lowest BCUT2D eigenvalue weighted by atomic mass is 10.2. The van der Waals surface area contributed by atoms with Gasteiger partial charge in [0.25, 0.3) is 0 Å². The maximum absolute atomic E-state index is 11.5. The first-order valence-corrected chi connectivity index (χ1v) is 6.71. The van der Waals surface area contributed by atoms with Gasteiger partial charge >= 0.3 is 6.09 Å². The van der Waals surface area contributed by atoms with E-state index in [0.29, 0.717) is 13.1 Å². The topological polar surface area (TPSA) is 45.7 Å². The second-order valence-corrected chi connectivity index (χ2v) is 4.81. The third kappa shape index (κ3) is 2.39. The zero-order valence-electron chi connectivity index (χ0n) is 11.5. The fourth-order valence-electron chi connectivity index (χ4n) is 2.48. The number of fused-ring (bicyclic) bond motifs is 1. The van der Waals surface area contributed by atoms with E-state index in [4.69, 9.17) is 4.74 Å². The average molecular weight is 271 g/mol. The Morgan fingerprint density at radius 3 is 2.60 bits per heavy atom. The smallest absolute Gasteiger partial charge is 0.409 e. The number of aromatic nitrogens is 1. The monoisotopic (exact) mass is 271 g/mol. The van der Waals surface area contributed by atoms with Gasteiger partial charge in [-0.2, -0.15) is 0 Å². The Balaban J connectivity index is 1.75. The standard InChI is InChI=1S/C15H17N3O2/c1-20-15(19)18-10-8-17(9-11-18)14-7-6-12-4-2-3-5-13(12)16-14/h2-7H,8-11H2,1H3. The molecule has 1 fully saturated rings. The summed E-state index contributed by atoms with van der Waals surface area (Å²) in [5, 5.41) is 1.14. The molecule has 3 rings (SSSR count). The highest BCUT2D eigenvalue weighted by Gasteiger charge is 2.22. The van der Waals surface area contributed by atoms with Gasteiger partial charge in [-0.3, -0.25) is 0 Å². The van der Waals surface area contributed by atoms with E-state index in [2.05, 4.69) is 22.0 Å². The molecule has 1 aliphatic heterocycles. The van der Waals surface area contributed by atoms with E-state index in [0.717, 1.165) is 29.8 Å². The molecule has 0 aliphatic carbocycles. The van der Waals surface area contributed by atoms with E-state index in [1.165, 1.54) is 7.11 Å². The first-order valence-electron chi connectivity index (χ1n) is 6.71. The summed E-state index contributed by atoms with van der Waals surface area (Å²) in [6.07, 6.45) is -0.254. The van der Waals surface area contributed by atoms with E-state index in [9.17, 15) is 4.79 Å². The number of benzene rings is 1. The normalized spacial score (nSPS) is 15.4. The lowest BCUT2D eigenvalue weighted by Crippen LogP contribution is -2.49. The number of pyridine rings is 1. The Morgan fingerprint density at radius 1 is 1.10 bits per heavy atom. The molecule has 5 heteroatoms. The molecule has 0 spiro atoms. The van der Waals surface area contributed by atoms with Crippen LogP contribution in [0.4, 0.5) is 10.6 Å². The number of nitrogens with zero attached hydrogens (tertiary/aromatic N) is 3. The van der Waals surface area contributed by atoms with Gasteiger partial charge in [0.05, 0.1) is 12.6 Å². The molecule has 2 aromatic rings. The van der Waals surface area contributed by atoms with Crippen LogP contribution in [0.5, 0.6) is 0 Å². The quantitative estimate of drug-likeness (QED) is 0.797. The number of ether oxygens (including phenoxy) is 1. The number of piperazine rings is 1. The zero-order chi connectivity index (χ0) is 13.9. The van der Waals surface area contributed by atoms with Crippen LogP contribution < -0.4 is 4.90 Å². The minimum Gasteiger partial charge on any atom is -0.453 e. The van der Waals surface area contributed by atoms with Crippen molar-refractivity contribution in [2.24, 2.45) is 0 Å². The van der Waals surface area contributed by atoms with Crippen LogP contribution >= 0.6 is 0 Å². The van der Waals surface area contributed by atoms with Crippen LogP contribution in [-0.4, -0.2) is 49.3 Å². The lowest BCUT2D eigenvalue weighted by molar-refractivity contribution is 0.121. The fraction of sp³-hybridized carbons (Fsp3) is 0.333. The summed E-state index contributed by atoms with van der Waals surface area (Å²) < 4.78 is 4.74. The maximum atomic E-state index is 11.5. The number of anilines is 1. The number of carbonyl (C=O) groups excluding carboxylic acids is 1. The molecule has 1 saturated heterocycles. The van der Waals surface area contributed by atoms with Crippen molar-refractivity contribution in [3.05, 3.63) is 36.4 Å². The third-order valence-electron chi connectivity index (χ3n) is 3.62. The van der Waals surface area contributed by atoms with Gasteiger partial charge in [0.2, 0.25) is 0 Å². The van der Waals surface area contributed by atoms with Gasteiger partial charge in [-0.25, -0.2) is 9.78 Å². The SMILES string of the molecule is COC(=O)N1CCN(c2ccc3ccccc3n2)CC1. The molecule has 1 aliphatic rings. The summed E-state index contributed by atoms with van der Waals surface area (Å²) >= 11 is 0. The van der Waals surface area contributed by atoms with Crippen LogP contribution in [0.2, 0.25) is 0 Å². The van der Waals surface area contributed by atoms with Gasteiger partial charge in [0, 0.05) is 31.6 Å². The summed E-state index contributed by atoms with van der Waals surface area (Å²) in [6.45, 7) is 2.89. The molecule has 0 unspecified atom stereocenters. The molecule has 0 radical (unpaired) electrons. The van der Waals surface area contributed by atoms with E-state index in [-0.39, 0.29) is 6.09 Å². The molecule has 1 aromatic heterocycles. The highest BCUT2D eigenvalue weighted by atomic mass is 16.5. The molecule has 5 nitrogen and oxygen atoms in total. The third-order valence-corrected chi connectivity index (χ3v) is 3.62. The predicted octanol–water partition coefficient (Wildman–Crippen LogP) is 2.12. The van der Waals surface area contributed by atoms with Crippen molar-refractivity contribution >= 4 is 22.8 Å². The van der Waals surface area contributed by atoms with E-state index < -0.39 is 0 Å². The van der Waals surface area contributed by atoms with Gasteiger partial charge in [-0.05, 0) is 18.2 Å². The van der Waals surface area contributed by atoms with Crippen LogP contribution in [-0.2, 0) is 4.74 Å². The van der Waals surface area contributed by atoms with Crippen molar-refractivity contribution in [3.8, 4) is 0 Å². The molecule has 0 N–H and O–H groups in total. The van der Waals surface area contributed by atoms with Crippen LogP contribution in [0, 0.1) is 0 Å². The average Bonchev–Trinajstić information content (AvgIpc) is 2.54. The molecule has 2 heterocycles. The predicted molar refractivity (Wildman–Crippen MR) is 77.9 cm³/mol. The molecular weight excluding hydrogens is 254 g/mol. The molecule has 20 heavy (non-hydrogen) atoms. The number of carbonyl (C=O) groups is 1. The summed E-state index contributed by atoms with van der Waals surface area (Å²) in [5.41, 5.74) is 1.00. The van der Waals surface area contributed by atoms with Crippen molar-refractivity contribution in [1.82, 2.24) is 9.88 Å². The Hall–Kier alpha value is -2.30. The summed E-state index contributed by atoms with van der Waals surface area (Å²) in [4.78, 5) is 20.1. The van der Waals surface area contributed by atoms with Crippen molar-refractivity contribution in [1.29, 1.82) is 0 Å². The van der Waals surface area contributed by atoms with E-state index >= 15 is 0 Å².